The van der Waals surface area contributed by atoms with Crippen LogP contribution in [0.25, 0.3) is 0 Å². The topological polar surface area (TPSA) is 61.6 Å². The maximum Gasteiger partial charge on any atom is 0.405 e. The number of hydrogen-bond acceptors (Lipinski definition) is 3. The van der Waals surface area contributed by atoms with E-state index < -0.39 is 12.2 Å². The number of benzene rings is 2. The van der Waals surface area contributed by atoms with Crippen LogP contribution in [0, 0.1) is 0 Å². The molecule has 4 nitrogen and oxygen atoms in total. The largest absolute Gasteiger partial charge is 0.492 e. The fourth-order valence-electron chi connectivity index (χ4n) is 2.77. The molecule has 5 heteroatoms. The Labute approximate surface area is 137 Å². The molecule has 0 fully saturated rings. The van der Waals surface area contributed by atoms with E-state index in [0.29, 0.717) is 6.61 Å². The number of carbonyl (C=O) groups excluding carboxylic acids is 1. The van der Waals surface area contributed by atoms with E-state index in [-0.39, 0.29) is 5.92 Å². The minimum Gasteiger partial charge on any atom is -0.492 e. The fourth-order valence-corrected chi connectivity index (χ4v) is 3.12. The van der Waals surface area contributed by atoms with Gasteiger partial charge in [-0.3, -0.25) is 0 Å². The monoisotopic (exact) mass is 361 g/mol. The van der Waals surface area contributed by atoms with Crippen molar-refractivity contribution in [2.24, 2.45) is 5.73 Å². The summed E-state index contributed by atoms with van der Waals surface area (Å²) in [5, 5.41) is 0.764. The normalized spacial score (nSPS) is 17.4. The van der Waals surface area contributed by atoms with Gasteiger partial charge in [-0.1, -0.05) is 58.4 Å². The van der Waals surface area contributed by atoms with E-state index in [2.05, 4.69) is 22.0 Å². The molecule has 0 bridgehead atoms. The van der Waals surface area contributed by atoms with Crippen LogP contribution < -0.4 is 10.5 Å². The molecule has 2 aromatic carbocycles. The van der Waals surface area contributed by atoms with Crippen LogP contribution in [0.3, 0.4) is 0 Å². The third-order valence-corrected chi connectivity index (χ3v) is 4.43. The number of halogens is 1. The first-order valence-electron chi connectivity index (χ1n) is 7.01. The first-order valence-corrected chi connectivity index (χ1v) is 8.14. The molecular weight excluding hydrogens is 346 g/mol. The number of ether oxygens (including phenoxy) is 2. The van der Waals surface area contributed by atoms with Crippen LogP contribution in [-0.2, 0) is 10.1 Å². The van der Waals surface area contributed by atoms with E-state index in [1.54, 1.807) is 0 Å². The van der Waals surface area contributed by atoms with Crippen molar-refractivity contribution in [3.05, 3.63) is 65.2 Å². The highest BCUT2D eigenvalue weighted by Gasteiger charge is 2.35. The van der Waals surface area contributed by atoms with Crippen molar-refractivity contribution in [2.45, 2.75) is 17.4 Å². The Kier molecular flexibility index (Phi) is 4.34. The van der Waals surface area contributed by atoms with Crippen LogP contribution >= 0.6 is 15.9 Å². The summed E-state index contributed by atoms with van der Waals surface area (Å²) >= 11 is 3.46. The van der Waals surface area contributed by atoms with Crippen molar-refractivity contribution in [1.29, 1.82) is 0 Å². The highest BCUT2D eigenvalue weighted by Crippen LogP contribution is 2.43. The van der Waals surface area contributed by atoms with E-state index in [0.717, 1.165) is 27.8 Å². The van der Waals surface area contributed by atoms with Crippen molar-refractivity contribution in [3.8, 4) is 5.75 Å². The van der Waals surface area contributed by atoms with E-state index in [1.807, 2.05) is 42.5 Å². The van der Waals surface area contributed by atoms with Gasteiger partial charge < -0.3 is 15.2 Å². The van der Waals surface area contributed by atoms with Crippen LogP contribution in [0.5, 0.6) is 5.75 Å². The number of fused-ring (bicyclic) bond motifs is 1. The number of hydrogen-bond donors (Lipinski definition) is 1. The van der Waals surface area contributed by atoms with Crippen LogP contribution in [-0.4, -0.2) is 12.7 Å². The van der Waals surface area contributed by atoms with Gasteiger partial charge in [-0.15, -0.1) is 0 Å². The van der Waals surface area contributed by atoms with Gasteiger partial charge >= 0.3 is 6.09 Å². The summed E-state index contributed by atoms with van der Waals surface area (Å²) in [6.07, 6.45) is -1.23. The number of amides is 1. The molecule has 1 amide bonds. The summed E-state index contributed by atoms with van der Waals surface area (Å²) in [5.74, 6) is 0.771. The van der Waals surface area contributed by atoms with E-state index in [1.165, 1.54) is 0 Å². The SMILES string of the molecule is NC(=O)O[C@@H](c1ccccc1)C1COc2ccc(CBr)cc21. The first-order chi connectivity index (χ1) is 10.7. The Morgan fingerprint density at radius 1 is 1.32 bits per heavy atom. The van der Waals surface area contributed by atoms with E-state index >= 15 is 0 Å². The molecule has 1 aliphatic heterocycles. The summed E-state index contributed by atoms with van der Waals surface area (Å²) < 4.78 is 11.1. The minimum atomic E-state index is -0.779. The lowest BCUT2D eigenvalue weighted by Gasteiger charge is -2.22. The molecule has 0 aliphatic carbocycles. The molecule has 0 saturated heterocycles. The summed E-state index contributed by atoms with van der Waals surface area (Å²) in [5.41, 5.74) is 8.38. The van der Waals surface area contributed by atoms with Gasteiger partial charge in [0.25, 0.3) is 0 Å². The molecule has 114 valence electrons. The maximum atomic E-state index is 11.3. The lowest BCUT2D eigenvalue weighted by molar-refractivity contribution is 0.0829. The molecule has 22 heavy (non-hydrogen) atoms. The van der Waals surface area contributed by atoms with Crippen LogP contribution in [0.4, 0.5) is 4.79 Å². The van der Waals surface area contributed by atoms with Crippen LogP contribution in [0.2, 0.25) is 0 Å². The van der Waals surface area contributed by atoms with Gasteiger partial charge in [0.2, 0.25) is 0 Å². The third-order valence-electron chi connectivity index (χ3n) is 3.78. The van der Waals surface area contributed by atoms with Gasteiger partial charge in [-0.2, -0.15) is 0 Å². The van der Waals surface area contributed by atoms with Crippen molar-refractivity contribution < 1.29 is 14.3 Å². The average Bonchev–Trinajstić information content (AvgIpc) is 2.96. The predicted octanol–water partition coefficient (Wildman–Crippen LogP) is 3.89. The molecule has 2 N–H and O–H groups in total. The third kappa shape index (κ3) is 2.95. The Bertz CT molecular complexity index is 675. The van der Waals surface area contributed by atoms with Crippen LogP contribution in [0.15, 0.2) is 48.5 Å². The molecule has 0 aromatic heterocycles. The number of nitrogens with two attached hydrogens (primary N) is 1. The zero-order chi connectivity index (χ0) is 15.5. The average molecular weight is 362 g/mol. The molecule has 1 heterocycles. The number of rotatable bonds is 4. The second-order valence-electron chi connectivity index (χ2n) is 5.19. The fraction of sp³-hybridized carbons (Fsp3) is 0.235. The number of alkyl halides is 1. The van der Waals surface area contributed by atoms with Crippen molar-refractivity contribution in [3.63, 3.8) is 0 Å². The lowest BCUT2D eigenvalue weighted by Crippen LogP contribution is -2.23. The zero-order valence-electron chi connectivity index (χ0n) is 11.9. The van der Waals surface area contributed by atoms with E-state index in [4.69, 9.17) is 15.2 Å². The maximum absolute atomic E-state index is 11.3. The summed E-state index contributed by atoms with van der Waals surface area (Å²) in [6, 6.07) is 15.7. The Morgan fingerprint density at radius 2 is 2.09 bits per heavy atom. The minimum absolute atomic E-state index is 0.0658. The van der Waals surface area contributed by atoms with Gasteiger partial charge in [0.1, 0.15) is 11.9 Å². The van der Waals surface area contributed by atoms with Crippen LogP contribution in [0.1, 0.15) is 28.7 Å². The first kappa shape index (κ1) is 14.9. The molecular formula is C17H16BrNO3. The molecule has 0 radical (unpaired) electrons. The van der Waals surface area contributed by atoms with Gasteiger partial charge in [-0.25, -0.2) is 4.79 Å². The van der Waals surface area contributed by atoms with Crippen molar-refractivity contribution in [2.75, 3.05) is 6.61 Å². The summed E-state index contributed by atoms with van der Waals surface area (Å²) in [4.78, 5) is 11.3. The summed E-state index contributed by atoms with van der Waals surface area (Å²) in [7, 11) is 0. The number of carbonyl (C=O) groups is 1. The zero-order valence-corrected chi connectivity index (χ0v) is 13.5. The Morgan fingerprint density at radius 3 is 2.77 bits per heavy atom. The van der Waals surface area contributed by atoms with Gasteiger partial charge in [0.05, 0.1) is 12.5 Å². The molecule has 0 saturated carbocycles. The quantitative estimate of drug-likeness (QED) is 0.840. The Balaban J connectivity index is 1.99. The second kappa shape index (κ2) is 6.40. The van der Waals surface area contributed by atoms with Crippen molar-refractivity contribution in [1.82, 2.24) is 0 Å². The Hall–Kier alpha value is -2.01. The van der Waals surface area contributed by atoms with Gasteiger partial charge in [0.15, 0.2) is 0 Å². The van der Waals surface area contributed by atoms with Gasteiger partial charge in [0, 0.05) is 10.9 Å². The smallest absolute Gasteiger partial charge is 0.405 e. The molecule has 2 aromatic rings. The number of primary amides is 1. The molecule has 0 spiro atoms. The standard InChI is InChI=1S/C17H16BrNO3/c18-9-11-6-7-15-13(8-11)14(10-21-15)16(22-17(19)20)12-4-2-1-3-5-12/h1-8,14,16H,9-10H2,(H2,19,20)/t14?,16-/m0/s1. The molecule has 2 atom stereocenters. The predicted molar refractivity (Wildman–Crippen MR) is 87.2 cm³/mol. The highest BCUT2D eigenvalue weighted by atomic mass is 79.9. The van der Waals surface area contributed by atoms with Gasteiger partial charge in [-0.05, 0) is 17.2 Å². The highest BCUT2D eigenvalue weighted by molar-refractivity contribution is 9.08. The van der Waals surface area contributed by atoms with Crippen molar-refractivity contribution >= 4 is 22.0 Å². The van der Waals surface area contributed by atoms with E-state index in [9.17, 15) is 4.79 Å². The second-order valence-corrected chi connectivity index (χ2v) is 5.75. The molecule has 1 unspecified atom stereocenters. The lowest BCUT2D eigenvalue weighted by atomic mass is 9.90. The summed E-state index contributed by atoms with van der Waals surface area (Å²) in [6.45, 7) is 0.466. The molecule has 3 rings (SSSR count). The molecule has 1 aliphatic rings.